The molecule has 0 bridgehead atoms. The Morgan fingerprint density at radius 1 is 0.938 bits per heavy atom. The maximum absolute atomic E-state index is 12.2. The predicted octanol–water partition coefficient (Wildman–Crippen LogP) is 6.10. The number of amides is 1. The summed E-state index contributed by atoms with van der Waals surface area (Å²) in [5.41, 5.74) is 4.02. The van der Waals surface area contributed by atoms with Gasteiger partial charge in [-0.1, -0.05) is 47.2 Å². The first-order chi connectivity index (χ1) is 15.5. The smallest absolute Gasteiger partial charge is 0.262 e. The first-order valence-corrected chi connectivity index (χ1v) is 12.1. The van der Waals surface area contributed by atoms with Gasteiger partial charge in [0.25, 0.3) is 5.91 Å². The van der Waals surface area contributed by atoms with Crippen molar-refractivity contribution in [2.24, 2.45) is 0 Å². The zero-order valence-electron chi connectivity index (χ0n) is 18.0. The summed E-state index contributed by atoms with van der Waals surface area (Å²) < 4.78 is 13.3. The molecule has 0 saturated heterocycles. The summed E-state index contributed by atoms with van der Waals surface area (Å²) in [6, 6.07) is 21.4. The van der Waals surface area contributed by atoms with Crippen molar-refractivity contribution < 1.29 is 14.3 Å². The van der Waals surface area contributed by atoms with Crippen molar-refractivity contribution in [2.75, 3.05) is 24.3 Å². The average Bonchev–Trinajstić information content (AvgIpc) is 3.20. The molecule has 4 rings (SSSR count). The second kappa shape index (κ2) is 10.5. The highest BCUT2D eigenvalue weighted by Gasteiger charge is 2.08. The van der Waals surface area contributed by atoms with Gasteiger partial charge in [-0.05, 0) is 56.3 Å². The number of hydrogen-bond donors (Lipinski definition) is 1. The lowest BCUT2D eigenvalue weighted by atomic mass is 10.2. The molecule has 1 heterocycles. The topological polar surface area (TPSA) is 60.5 Å². The molecule has 0 fully saturated rings. The molecule has 1 aromatic heterocycles. The molecule has 0 saturated carbocycles. The summed E-state index contributed by atoms with van der Waals surface area (Å²) >= 11 is 3.28. The lowest BCUT2D eigenvalue weighted by molar-refractivity contribution is -0.118. The number of nitrogens with zero attached hydrogens (tertiary/aromatic N) is 1. The zero-order valence-corrected chi connectivity index (χ0v) is 19.6. The van der Waals surface area contributed by atoms with Crippen LogP contribution < -0.4 is 14.8 Å². The molecule has 0 spiro atoms. The molecular weight excluding hydrogens is 440 g/mol. The minimum Gasteiger partial charge on any atom is -0.493 e. The fourth-order valence-electron chi connectivity index (χ4n) is 2.95. The number of ether oxygens (including phenoxy) is 2. The van der Waals surface area contributed by atoms with Crippen molar-refractivity contribution in [3.05, 3.63) is 77.9 Å². The summed E-state index contributed by atoms with van der Waals surface area (Å²) in [5, 5.41) is 2.89. The van der Waals surface area contributed by atoms with Gasteiger partial charge in [-0.15, -0.1) is 11.3 Å². The Hall–Kier alpha value is -3.03. The van der Waals surface area contributed by atoms with Gasteiger partial charge in [-0.25, -0.2) is 4.98 Å². The van der Waals surface area contributed by atoms with Gasteiger partial charge in [0.2, 0.25) is 0 Å². The van der Waals surface area contributed by atoms with Gasteiger partial charge in [0.1, 0.15) is 11.5 Å². The number of carbonyl (C=O) groups excluding carboxylic acids is 1. The highest BCUT2D eigenvalue weighted by molar-refractivity contribution is 8.01. The van der Waals surface area contributed by atoms with Gasteiger partial charge in [-0.2, -0.15) is 0 Å². The molecule has 0 radical (unpaired) electrons. The number of benzene rings is 3. The second-order valence-electron chi connectivity index (χ2n) is 7.32. The first kappa shape index (κ1) is 22.2. The SMILES string of the molecule is Cc1ccc(OCCSc2nc3ccc(NC(=O)COc4ccc(C)cc4)cc3s2)cc1. The van der Waals surface area contributed by atoms with Gasteiger partial charge >= 0.3 is 0 Å². The molecule has 1 N–H and O–H groups in total. The van der Waals surface area contributed by atoms with E-state index >= 15 is 0 Å². The molecule has 7 heteroatoms. The van der Waals surface area contributed by atoms with Crippen LogP contribution >= 0.6 is 23.1 Å². The standard InChI is InChI=1S/C25H24N2O3S2/c1-17-3-8-20(9-4-17)29-13-14-31-25-27-22-12-7-19(15-23(22)32-25)26-24(28)16-30-21-10-5-18(2)6-11-21/h3-12,15H,13-14,16H2,1-2H3,(H,26,28). The lowest BCUT2D eigenvalue weighted by Gasteiger charge is -2.07. The van der Waals surface area contributed by atoms with Crippen molar-refractivity contribution in [1.29, 1.82) is 0 Å². The molecule has 3 aromatic carbocycles. The fraction of sp³-hybridized carbons (Fsp3) is 0.200. The van der Waals surface area contributed by atoms with E-state index < -0.39 is 0 Å². The highest BCUT2D eigenvalue weighted by atomic mass is 32.2. The number of fused-ring (bicyclic) bond motifs is 1. The largest absolute Gasteiger partial charge is 0.493 e. The van der Waals surface area contributed by atoms with Crippen LogP contribution in [0.5, 0.6) is 11.5 Å². The Morgan fingerprint density at radius 3 is 2.28 bits per heavy atom. The van der Waals surface area contributed by atoms with Crippen molar-refractivity contribution in [2.45, 2.75) is 18.2 Å². The summed E-state index contributed by atoms with van der Waals surface area (Å²) in [6.45, 7) is 4.65. The first-order valence-electron chi connectivity index (χ1n) is 10.3. The highest BCUT2D eigenvalue weighted by Crippen LogP contribution is 2.31. The van der Waals surface area contributed by atoms with Gasteiger partial charge in [-0.3, -0.25) is 4.79 Å². The van der Waals surface area contributed by atoms with Crippen LogP contribution in [0.15, 0.2) is 71.1 Å². The van der Waals surface area contributed by atoms with Gasteiger partial charge in [0, 0.05) is 11.4 Å². The Bertz CT molecular complexity index is 1190. The lowest BCUT2D eigenvalue weighted by Crippen LogP contribution is -2.20. The van der Waals surface area contributed by atoms with Gasteiger partial charge in [0.05, 0.1) is 16.8 Å². The average molecular weight is 465 g/mol. The number of carbonyl (C=O) groups is 1. The molecule has 0 unspecified atom stereocenters. The molecule has 164 valence electrons. The van der Waals surface area contributed by atoms with E-state index in [1.54, 1.807) is 23.1 Å². The molecule has 0 aliphatic carbocycles. The van der Waals surface area contributed by atoms with Crippen molar-refractivity contribution in [1.82, 2.24) is 4.98 Å². The Morgan fingerprint density at radius 2 is 1.59 bits per heavy atom. The van der Waals surface area contributed by atoms with Crippen LogP contribution in [-0.4, -0.2) is 29.9 Å². The Labute approximate surface area is 195 Å². The quantitative estimate of drug-likeness (QED) is 0.239. The Balaban J connectivity index is 1.26. The van der Waals surface area contributed by atoms with Crippen LogP contribution in [0.3, 0.4) is 0 Å². The summed E-state index contributed by atoms with van der Waals surface area (Å²) in [7, 11) is 0. The van der Waals surface area contributed by atoms with E-state index in [1.807, 2.05) is 73.7 Å². The van der Waals surface area contributed by atoms with E-state index in [2.05, 4.69) is 17.2 Å². The zero-order chi connectivity index (χ0) is 22.3. The molecule has 32 heavy (non-hydrogen) atoms. The summed E-state index contributed by atoms with van der Waals surface area (Å²) in [6.07, 6.45) is 0. The molecule has 4 aromatic rings. The molecular formula is C25H24N2O3S2. The molecule has 5 nitrogen and oxygen atoms in total. The molecule has 0 aliphatic heterocycles. The van der Waals surface area contributed by atoms with Crippen LogP contribution in [0.25, 0.3) is 10.2 Å². The number of hydrogen-bond acceptors (Lipinski definition) is 6. The number of thiazole rings is 1. The van der Waals surface area contributed by atoms with E-state index in [-0.39, 0.29) is 12.5 Å². The molecule has 0 aliphatic rings. The maximum Gasteiger partial charge on any atom is 0.262 e. The van der Waals surface area contributed by atoms with Crippen LogP contribution in [0.1, 0.15) is 11.1 Å². The van der Waals surface area contributed by atoms with E-state index in [0.717, 1.165) is 37.3 Å². The van der Waals surface area contributed by atoms with Crippen LogP contribution in [0, 0.1) is 13.8 Å². The Kier molecular flexibility index (Phi) is 7.29. The summed E-state index contributed by atoms with van der Waals surface area (Å²) in [4.78, 5) is 16.9. The third kappa shape index (κ3) is 6.24. The van der Waals surface area contributed by atoms with E-state index in [1.165, 1.54) is 5.56 Å². The van der Waals surface area contributed by atoms with E-state index in [4.69, 9.17) is 9.47 Å². The minimum atomic E-state index is -0.197. The van der Waals surface area contributed by atoms with E-state index in [0.29, 0.717) is 12.4 Å². The number of nitrogens with one attached hydrogen (secondary N) is 1. The third-order valence-electron chi connectivity index (χ3n) is 4.64. The molecule has 0 atom stereocenters. The minimum absolute atomic E-state index is 0.0358. The second-order valence-corrected chi connectivity index (χ2v) is 9.69. The number of aromatic nitrogens is 1. The van der Waals surface area contributed by atoms with Gasteiger partial charge < -0.3 is 14.8 Å². The fourth-order valence-corrected chi connectivity index (χ4v) is 4.94. The van der Waals surface area contributed by atoms with E-state index in [9.17, 15) is 4.79 Å². The number of rotatable bonds is 9. The predicted molar refractivity (Wildman–Crippen MR) is 132 cm³/mol. The number of thioether (sulfide) groups is 1. The maximum atomic E-state index is 12.2. The normalized spacial score (nSPS) is 10.8. The number of anilines is 1. The van der Waals surface area contributed by atoms with Crippen molar-refractivity contribution in [3.63, 3.8) is 0 Å². The molecule has 1 amide bonds. The third-order valence-corrected chi connectivity index (χ3v) is 6.77. The van der Waals surface area contributed by atoms with Gasteiger partial charge in [0.15, 0.2) is 10.9 Å². The summed E-state index contributed by atoms with van der Waals surface area (Å²) in [5.74, 6) is 2.18. The van der Waals surface area contributed by atoms with Crippen molar-refractivity contribution >= 4 is 44.9 Å². The van der Waals surface area contributed by atoms with Crippen LogP contribution in [-0.2, 0) is 4.79 Å². The number of aryl methyl sites for hydroxylation is 2. The van der Waals surface area contributed by atoms with Crippen LogP contribution in [0.4, 0.5) is 5.69 Å². The van der Waals surface area contributed by atoms with Crippen LogP contribution in [0.2, 0.25) is 0 Å². The van der Waals surface area contributed by atoms with Crippen molar-refractivity contribution in [3.8, 4) is 11.5 Å². The monoisotopic (exact) mass is 464 g/mol.